The van der Waals surface area contributed by atoms with Crippen molar-refractivity contribution in [1.29, 1.82) is 0 Å². The molecule has 0 aliphatic rings. The number of halogens is 4. The van der Waals surface area contributed by atoms with E-state index < -0.39 is 15.9 Å². The van der Waals surface area contributed by atoms with E-state index in [1.54, 1.807) is 18.2 Å². The summed E-state index contributed by atoms with van der Waals surface area (Å²) in [5, 5.41) is 9.09. The van der Waals surface area contributed by atoms with E-state index in [0.717, 1.165) is 16.8 Å². The highest BCUT2D eigenvalue weighted by Crippen LogP contribution is 2.29. The number of nitrogens with one attached hydrogen (secondary N) is 3. The predicted molar refractivity (Wildman–Crippen MR) is 118 cm³/mol. The first-order valence-electron chi connectivity index (χ1n) is 7.84. The molecule has 0 radical (unpaired) electrons. The second kappa shape index (κ2) is 9.30. The molecule has 3 N–H and O–H groups in total. The number of hydrogen-bond acceptors (Lipinski definition) is 2. The summed E-state index contributed by atoms with van der Waals surface area (Å²) in [4.78, 5) is 12.4. The Morgan fingerprint density at radius 3 is 2.37 bits per heavy atom. The Bertz CT molecular complexity index is 855. The van der Waals surface area contributed by atoms with Crippen LogP contribution < -0.4 is 16.0 Å². The first-order chi connectivity index (χ1) is 12.6. The van der Waals surface area contributed by atoms with E-state index in [-0.39, 0.29) is 5.11 Å². The summed E-state index contributed by atoms with van der Waals surface area (Å²) < 4.78 is -1.84. The second-order valence-corrected chi connectivity index (χ2v) is 9.09. The Labute approximate surface area is 183 Å². The monoisotopic (exact) mass is 463 g/mol. The highest BCUT2D eigenvalue weighted by atomic mass is 35.6. The lowest BCUT2D eigenvalue weighted by Gasteiger charge is -2.28. The molecule has 2 aromatic carbocycles. The van der Waals surface area contributed by atoms with Crippen molar-refractivity contribution in [3.8, 4) is 0 Å². The minimum absolute atomic E-state index is 0.199. The van der Waals surface area contributed by atoms with Gasteiger partial charge in [0, 0.05) is 16.3 Å². The molecule has 0 saturated carbocycles. The number of carbonyl (C=O) groups excluding carboxylic acids is 1. The topological polar surface area (TPSA) is 53.2 Å². The van der Waals surface area contributed by atoms with Gasteiger partial charge in [0.25, 0.3) is 5.91 Å². The first-order valence-corrected chi connectivity index (χ1v) is 9.76. The zero-order valence-corrected chi connectivity index (χ0v) is 18.3. The fourth-order valence-corrected chi connectivity index (χ4v) is 3.03. The van der Waals surface area contributed by atoms with Crippen molar-refractivity contribution in [2.45, 2.75) is 23.8 Å². The molecule has 27 heavy (non-hydrogen) atoms. The summed E-state index contributed by atoms with van der Waals surface area (Å²) in [6, 6.07) is 12.3. The minimum Gasteiger partial charge on any atom is -0.339 e. The smallest absolute Gasteiger partial charge is 0.253 e. The Hall–Kier alpha value is -1.24. The molecule has 0 saturated heterocycles. The number of alkyl halides is 3. The van der Waals surface area contributed by atoms with Crippen molar-refractivity contribution in [1.82, 2.24) is 10.6 Å². The fraction of sp³-hybridized carbons (Fsp3) is 0.222. The van der Waals surface area contributed by atoms with Gasteiger partial charge in [-0.1, -0.05) is 70.2 Å². The van der Waals surface area contributed by atoms with E-state index in [4.69, 9.17) is 58.6 Å². The molecule has 4 nitrogen and oxygen atoms in total. The number of hydrogen-bond donors (Lipinski definition) is 3. The Balaban J connectivity index is 2.10. The standard InChI is InChI=1S/C18H17Cl4N3OS/c1-10-6-7-14(11(2)8-10)23-17(27)25-16(18(20,21)22)24-15(26)12-4-3-5-13(19)9-12/h3-9,16H,1-2H3,(H,24,26)(H2,23,25,27)/t16-/m1/s1. The van der Waals surface area contributed by atoms with Gasteiger partial charge in [-0.05, 0) is 55.9 Å². The molecule has 9 heteroatoms. The quantitative estimate of drug-likeness (QED) is 0.323. The maximum absolute atomic E-state index is 12.4. The summed E-state index contributed by atoms with van der Waals surface area (Å²) >= 11 is 29.2. The molecule has 0 bridgehead atoms. The zero-order chi connectivity index (χ0) is 20.2. The van der Waals surface area contributed by atoms with Crippen LogP contribution in [0.5, 0.6) is 0 Å². The number of rotatable bonds is 4. The minimum atomic E-state index is -1.84. The molecule has 0 aliphatic heterocycles. The van der Waals surface area contributed by atoms with E-state index in [9.17, 15) is 4.79 Å². The van der Waals surface area contributed by atoms with Crippen LogP contribution in [0.3, 0.4) is 0 Å². The number of aryl methyl sites for hydroxylation is 2. The molecule has 1 amide bonds. The molecular weight excluding hydrogens is 448 g/mol. The number of thiocarbonyl (C=S) groups is 1. The van der Waals surface area contributed by atoms with Crippen molar-refractivity contribution in [2.24, 2.45) is 0 Å². The lowest BCUT2D eigenvalue weighted by Crippen LogP contribution is -2.56. The van der Waals surface area contributed by atoms with Gasteiger partial charge in [-0.3, -0.25) is 4.79 Å². The number of benzene rings is 2. The maximum atomic E-state index is 12.4. The van der Waals surface area contributed by atoms with Crippen molar-refractivity contribution < 1.29 is 4.79 Å². The summed E-state index contributed by atoms with van der Waals surface area (Å²) in [7, 11) is 0. The summed E-state index contributed by atoms with van der Waals surface area (Å²) in [6.45, 7) is 3.95. The first kappa shape index (κ1) is 22.1. The van der Waals surface area contributed by atoms with Crippen LogP contribution in [-0.2, 0) is 0 Å². The van der Waals surface area contributed by atoms with Gasteiger partial charge in [0.05, 0.1) is 0 Å². The third-order valence-electron chi connectivity index (χ3n) is 3.60. The number of amides is 1. The molecule has 0 unspecified atom stereocenters. The molecular formula is C18H17Cl4N3OS. The van der Waals surface area contributed by atoms with Gasteiger partial charge in [0.1, 0.15) is 6.17 Å². The van der Waals surface area contributed by atoms with Crippen molar-refractivity contribution in [3.63, 3.8) is 0 Å². The van der Waals surface area contributed by atoms with Gasteiger partial charge in [-0.15, -0.1) is 0 Å². The van der Waals surface area contributed by atoms with Gasteiger partial charge < -0.3 is 16.0 Å². The van der Waals surface area contributed by atoms with Gasteiger partial charge in [0.2, 0.25) is 3.79 Å². The van der Waals surface area contributed by atoms with E-state index in [1.807, 2.05) is 32.0 Å². The van der Waals surface area contributed by atoms with Gasteiger partial charge >= 0.3 is 0 Å². The fourth-order valence-electron chi connectivity index (χ4n) is 2.29. The predicted octanol–water partition coefficient (Wildman–Crippen LogP) is 5.37. The maximum Gasteiger partial charge on any atom is 0.253 e. The largest absolute Gasteiger partial charge is 0.339 e. The van der Waals surface area contributed by atoms with Gasteiger partial charge in [-0.25, -0.2) is 0 Å². The Kier molecular flexibility index (Phi) is 7.60. The molecule has 2 aromatic rings. The Morgan fingerprint density at radius 2 is 1.78 bits per heavy atom. The molecule has 2 rings (SSSR count). The Morgan fingerprint density at radius 1 is 1.07 bits per heavy atom. The van der Waals surface area contributed by atoms with E-state index in [2.05, 4.69) is 16.0 Å². The van der Waals surface area contributed by atoms with Crippen LogP contribution in [0, 0.1) is 13.8 Å². The van der Waals surface area contributed by atoms with Gasteiger partial charge in [-0.2, -0.15) is 0 Å². The highest BCUT2D eigenvalue weighted by Gasteiger charge is 2.35. The average Bonchev–Trinajstić information content (AvgIpc) is 2.56. The van der Waals surface area contributed by atoms with Crippen molar-refractivity contribution in [3.05, 3.63) is 64.2 Å². The van der Waals surface area contributed by atoms with Crippen molar-refractivity contribution in [2.75, 3.05) is 5.32 Å². The average molecular weight is 465 g/mol. The molecule has 1 atom stereocenters. The normalized spacial score (nSPS) is 12.2. The van der Waals surface area contributed by atoms with E-state index >= 15 is 0 Å². The lowest BCUT2D eigenvalue weighted by atomic mass is 10.1. The van der Waals surface area contributed by atoms with Crippen LogP contribution >= 0.6 is 58.6 Å². The molecule has 0 spiro atoms. The third kappa shape index (κ3) is 6.70. The van der Waals surface area contributed by atoms with Crippen LogP contribution in [0.25, 0.3) is 0 Å². The molecule has 0 aliphatic carbocycles. The number of carbonyl (C=O) groups is 1. The number of anilines is 1. The van der Waals surface area contributed by atoms with Crippen LogP contribution in [0.1, 0.15) is 21.5 Å². The van der Waals surface area contributed by atoms with E-state index in [0.29, 0.717) is 10.6 Å². The second-order valence-electron chi connectivity index (χ2n) is 5.88. The summed E-state index contributed by atoms with van der Waals surface area (Å²) in [5.74, 6) is -0.462. The van der Waals surface area contributed by atoms with Crippen LogP contribution in [0.2, 0.25) is 5.02 Å². The summed E-state index contributed by atoms with van der Waals surface area (Å²) in [5.41, 5.74) is 3.27. The zero-order valence-electron chi connectivity index (χ0n) is 14.4. The SMILES string of the molecule is Cc1ccc(NC(=S)N[C@@H](NC(=O)c2cccc(Cl)c2)C(Cl)(Cl)Cl)c(C)c1. The lowest BCUT2D eigenvalue weighted by molar-refractivity contribution is 0.0934. The summed E-state index contributed by atoms with van der Waals surface area (Å²) in [6.07, 6.45) is -1.07. The third-order valence-corrected chi connectivity index (χ3v) is 4.70. The molecule has 0 fully saturated rings. The van der Waals surface area contributed by atoms with Gasteiger partial charge in [0.15, 0.2) is 5.11 Å². The molecule has 0 heterocycles. The van der Waals surface area contributed by atoms with E-state index in [1.165, 1.54) is 6.07 Å². The van der Waals surface area contributed by atoms with Crippen molar-refractivity contribution >= 4 is 75.3 Å². The molecule has 144 valence electrons. The van der Waals surface area contributed by atoms with Crippen LogP contribution in [-0.4, -0.2) is 21.0 Å². The van der Waals surface area contributed by atoms with Crippen LogP contribution in [0.4, 0.5) is 5.69 Å². The molecule has 0 aromatic heterocycles. The van der Waals surface area contributed by atoms with Crippen LogP contribution in [0.15, 0.2) is 42.5 Å². The highest BCUT2D eigenvalue weighted by molar-refractivity contribution is 7.80.